The van der Waals surface area contributed by atoms with E-state index in [2.05, 4.69) is 26.2 Å². The van der Waals surface area contributed by atoms with Crippen molar-refractivity contribution in [2.45, 2.75) is 25.4 Å². The number of carboxylic acid groups (broad SMARTS) is 1. The van der Waals surface area contributed by atoms with Crippen LogP contribution in [0.5, 0.6) is 0 Å². The summed E-state index contributed by atoms with van der Waals surface area (Å²) in [6.07, 6.45) is 0.661. The molecule has 0 radical (unpaired) electrons. The number of hydrogen-bond acceptors (Lipinski definition) is 5. The van der Waals surface area contributed by atoms with E-state index < -0.39 is 11.6 Å². The second kappa shape index (κ2) is 6.72. The number of carbonyl (C=O) groups excluding carboxylic acids is 1. The number of amides is 1. The van der Waals surface area contributed by atoms with Gasteiger partial charge >= 0.3 is 5.97 Å². The molecule has 1 aromatic carbocycles. The third-order valence-corrected chi connectivity index (χ3v) is 4.64. The third-order valence-electron chi connectivity index (χ3n) is 3.05. The number of aryl methyl sites for hydroxylation is 1. The average molecular weight is 387 g/mol. The zero-order chi connectivity index (χ0) is 16.3. The molecule has 8 heteroatoms. The monoisotopic (exact) mass is 386 g/mol. The van der Waals surface area contributed by atoms with Gasteiger partial charge < -0.3 is 15.5 Å². The fourth-order valence-corrected chi connectivity index (χ4v) is 3.01. The minimum atomic E-state index is -1.96. The Hall–Kier alpha value is -1.51. The number of carbonyl (C=O) groups is 2. The largest absolute Gasteiger partial charge is 0.479 e. The molecule has 22 heavy (non-hydrogen) atoms. The highest BCUT2D eigenvalue weighted by Gasteiger charge is 2.30. The van der Waals surface area contributed by atoms with Crippen molar-refractivity contribution in [2.24, 2.45) is 0 Å². The molecule has 1 unspecified atom stereocenters. The van der Waals surface area contributed by atoms with Crippen LogP contribution in [-0.2, 0) is 16.0 Å². The molecular formula is C14H15BrN2O4S. The van der Waals surface area contributed by atoms with Crippen LogP contribution in [0, 0.1) is 0 Å². The lowest BCUT2D eigenvalue weighted by atomic mass is 10.1. The Morgan fingerprint density at radius 1 is 1.45 bits per heavy atom. The van der Waals surface area contributed by atoms with Gasteiger partial charge in [-0.3, -0.25) is 4.79 Å². The van der Waals surface area contributed by atoms with E-state index in [1.807, 2.05) is 18.2 Å². The van der Waals surface area contributed by atoms with Crippen LogP contribution in [0.3, 0.4) is 0 Å². The summed E-state index contributed by atoms with van der Waals surface area (Å²) in [6.45, 7) is 0.814. The van der Waals surface area contributed by atoms with E-state index in [0.29, 0.717) is 6.42 Å². The molecule has 1 amide bonds. The van der Waals surface area contributed by atoms with Crippen LogP contribution in [0.2, 0.25) is 0 Å². The van der Waals surface area contributed by atoms with Crippen LogP contribution >= 0.6 is 27.3 Å². The van der Waals surface area contributed by atoms with E-state index >= 15 is 0 Å². The van der Waals surface area contributed by atoms with Gasteiger partial charge in [0.05, 0.1) is 21.8 Å². The molecule has 0 aliphatic carbocycles. The molecule has 118 valence electrons. The normalized spacial score (nSPS) is 13.8. The third kappa shape index (κ3) is 4.25. The summed E-state index contributed by atoms with van der Waals surface area (Å²) in [6, 6.07) is 5.81. The Morgan fingerprint density at radius 2 is 2.18 bits per heavy atom. The minimum absolute atomic E-state index is 0.191. The van der Waals surface area contributed by atoms with Crippen LogP contribution in [0.25, 0.3) is 10.2 Å². The number of nitrogens with zero attached hydrogens (tertiary/aromatic N) is 1. The summed E-state index contributed by atoms with van der Waals surface area (Å²) in [7, 11) is 0. The first kappa shape index (κ1) is 16.9. The minimum Gasteiger partial charge on any atom is -0.479 e. The first-order chi connectivity index (χ1) is 10.3. The predicted molar refractivity (Wildman–Crippen MR) is 86.9 cm³/mol. The van der Waals surface area contributed by atoms with Crippen LogP contribution in [0.1, 0.15) is 18.4 Å². The van der Waals surface area contributed by atoms with Crippen LogP contribution in [0.4, 0.5) is 0 Å². The summed E-state index contributed by atoms with van der Waals surface area (Å²) in [5, 5.41) is 21.5. The number of hydrogen-bond donors (Lipinski definition) is 3. The fraction of sp³-hybridized carbons (Fsp3) is 0.357. The van der Waals surface area contributed by atoms with Crippen molar-refractivity contribution < 1.29 is 19.8 Å². The molecule has 1 atom stereocenters. The summed E-state index contributed by atoms with van der Waals surface area (Å²) in [5.74, 6) is -1.69. The number of benzene rings is 1. The topological polar surface area (TPSA) is 99.5 Å². The zero-order valence-electron chi connectivity index (χ0n) is 11.8. The van der Waals surface area contributed by atoms with E-state index in [0.717, 1.165) is 26.6 Å². The fourth-order valence-electron chi connectivity index (χ4n) is 1.71. The number of rotatable bonds is 6. The molecule has 3 N–H and O–H groups in total. The van der Waals surface area contributed by atoms with E-state index in [9.17, 15) is 14.7 Å². The number of carboxylic acids is 1. The number of nitrogens with one attached hydrogen (secondary N) is 1. The Balaban J connectivity index is 1.89. The van der Waals surface area contributed by atoms with Crippen molar-refractivity contribution in [3.05, 3.63) is 27.7 Å². The number of aliphatic hydroxyl groups is 1. The van der Waals surface area contributed by atoms with Gasteiger partial charge in [-0.05, 0) is 25.1 Å². The molecule has 6 nitrogen and oxygen atoms in total. The number of halogens is 1. The van der Waals surface area contributed by atoms with Gasteiger partial charge in [-0.15, -0.1) is 11.3 Å². The molecule has 0 spiro atoms. The Morgan fingerprint density at radius 3 is 2.86 bits per heavy atom. The number of aliphatic carboxylic acids is 1. The summed E-state index contributed by atoms with van der Waals surface area (Å²) >= 11 is 4.90. The van der Waals surface area contributed by atoms with E-state index in [1.165, 1.54) is 11.3 Å². The lowest BCUT2D eigenvalue weighted by molar-refractivity contribution is -0.156. The lowest BCUT2D eigenvalue weighted by Crippen LogP contribution is -2.46. The Labute approximate surface area is 139 Å². The van der Waals surface area contributed by atoms with E-state index in [4.69, 9.17) is 5.11 Å². The van der Waals surface area contributed by atoms with E-state index in [1.54, 1.807) is 0 Å². The van der Waals surface area contributed by atoms with Crippen molar-refractivity contribution >= 4 is 49.4 Å². The molecule has 2 aromatic rings. The maximum atomic E-state index is 11.7. The maximum absolute atomic E-state index is 11.7. The average Bonchev–Trinajstić information content (AvgIpc) is 2.84. The Kier molecular flexibility index (Phi) is 5.15. The van der Waals surface area contributed by atoms with Crippen molar-refractivity contribution in [3.8, 4) is 0 Å². The van der Waals surface area contributed by atoms with Gasteiger partial charge in [-0.25, -0.2) is 9.78 Å². The molecule has 1 heterocycles. The first-order valence-corrected chi connectivity index (χ1v) is 8.16. The summed E-state index contributed by atoms with van der Waals surface area (Å²) in [4.78, 5) is 26.9. The molecule has 0 fully saturated rings. The number of thiazole rings is 1. The number of aromatic nitrogens is 1. The van der Waals surface area contributed by atoms with Gasteiger partial charge in [-0.2, -0.15) is 0 Å². The van der Waals surface area contributed by atoms with Crippen molar-refractivity contribution in [2.75, 3.05) is 6.54 Å². The van der Waals surface area contributed by atoms with Crippen LogP contribution < -0.4 is 5.32 Å². The van der Waals surface area contributed by atoms with Gasteiger partial charge in [0, 0.05) is 17.3 Å². The standard InChI is InChI=1S/C14H15BrN2O4S/c1-14(21,13(19)20)7-16-11(18)4-5-12-17-9-6-8(15)2-3-10(9)22-12/h2-3,6,21H,4-5,7H2,1H3,(H,16,18)(H,19,20). The summed E-state index contributed by atoms with van der Waals surface area (Å²) < 4.78 is 2.00. The highest BCUT2D eigenvalue weighted by Crippen LogP contribution is 2.25. The Bertz CT molecular complexity index is 714. The molecule has 2 rings (SSSR count). The highest BCUT2D eigenvalue weighted by molar-refractivity contribution is 9.10. The van der Waals surface area contributed by atoms with Crippen LogP contribution in [-0.4, -0.2) is 39.2 Å². The summed E-state index contributed by atoms with van der Waals surface area (Å²) in [5.41, 5.74) is -1.08. The lowest BCUT2D eigenvalue weighted by Gasteiger charge is -2.18. The zero-order valence-corrected chi connectivity index (χ0v) is 14.2. The highest BCUT2D eigenvalue weighted by atomic mass is 79.9. The van der Waals surface area contributed by atoms with Crippen molar-refractivity contribution in [3.63, 3.8) is 0 Å². The predicted octanol–water partition coefficient (Wildman–Crippen LogP) is 1.94. The van der Waals surface area contributed by atoms with Gasteiger partial charge in [0.2, 0.25) is 5.91 Å². The van der Waals surface area contributed by atoms with E-state index in [-0.39, 0.29) is 18.9 Å². The smallest absolute Gasteiger partial charge is 0.337 e. The molecule has 0 aliphatic heterocycles. The molecule has 0 saturated carbocycles. The first-order valence-electron chi connectivity index (χ1n) is 6.55. The second-order valence-electron chi connectivity index (χ2n) is 5.08. The molecule has 0 aliphatic rings. The molecule has 0 saturated heterocycles. The quantitative estimate of drug-likeness (QED) is 0.704. The maximum Gasteiger partial charge on any atom is 0.337 e. The van der Waals surface area contributed by atoms with Crippen molar-refractivity contribution in [1.82, 2.24) is 10.3 Å². The number of fused-ring (bicyclic) bond motifs is 1. The van der Waals surface area contributed by atoms with Crippen LogP contribution in [0.15, 0.2) is 22.7 Å². The molecule has 0 bridgehead atoms. The van der Waals surface area contributed by atoms with Gasteiger partial charge in [0.1, 0.15) is 0 Å². The van der Waals surface area contributed by atoms with Crippen molar-refractivity contribution in [1.29, 1.82) is 0 Å². The SMILES string of the molecule is CC(O)(CNC(=O)CCc1nc2cc(Br)ccc2s1)C(=O)O. The van der Waals surface area contributed by atoms with Gasteiger partial charge in [-0.1, -0.05) is 15.9 Å². The second-order valence-corrected chi connectivity index (χ2v) is 7.11. The van der Waals surface area contributed by atoms with Gasteiger partial charge in [0.25, 0.3) is 0 Å². The molecule has 1 aromatic heterocycles. The van der Waals surface area contributed by atoms with Gasteiger partial charge in [0.15, 0.2) is 5.60 Å². The molecular weight excluding hydrogens is 372 g/mol.